The minimum absolute atomic E-state index is 0.190. The second-order valence-corrected chi connectivity index (χ2v) is 6.35. The van der Waals surface area contributed by atoms with Gasteiger partial charge in [-0.05, 0) is 49.2 Å². The smallest absolute Gasteiger partial charge is 0.275 e. The van der Waals surface area contributed by atoms with Crippen molar-refractivity contribution in [3.8, 4) is 5.75 Å². The molecule has 0 aromatic heterocycles. The third-order valence-corrected chi connectivity index (χ3v) is 4.20. The Labute approximate surface area is 152 Å². The molecule has 0 bridgehead atoms. The minimum atomic E-state index is -0.190. The quantitative estimate of drug-likeness (QED) is 0.820. The highest BCUT2D eigenvalue weighted by Gasteiger charge is 2.20. The van der Waals surface area contributed by atoms with E-state index in [0.29, 0.717) is 28.7 Å². The molecule has 0 saturated heterocycles. The van der Waals surface area contributed by atoms with Gasteiger partial charge in [0.1, 0.15) is 17.3 Å². The molecular weight excluding hydrogens is 336 g/mol. The molecule has 0 spiro atoms. The summed E-state index contributed by atoms with van der Waals surface area (Å²) in [5.41, 5.74) is 3.44. The Morgan fingerprint density at radius 2 is 2.04 bits per heavy atom. The van der Waals surface area contributed by atoms with E-state index in [1.54, 1.807) is 13.2 Å². The fourth-order valence-electron chi connectivity index (χ4n) is 2.70. The van der Waals surface area contributed by atoms with Gasteiger partial charge in [0.2, 0.25) is 0 Å². The van der Waals surface area contributed by atoms with Gasteiger partial charge in [0.05, 0.1) is 7.11 Å². The number of nitrogens with one attached hydrogen (secondary N) is 1. The van der Waals surface area contributed by atoms with Crippen LogP contribution in [0, 0.1) is 6.92 Å². The highest BCUT2D eigenvalue weighted by atomic mass is 35.5. The van der Waals surface area contributed by atoms with E-state index >= 15 is 0 Å². The van der Waals surface area contributed by atoms with Crippen LogP contribution >= 0.6 is 11.6 Å². The number of halogens is 1. The van der Waals surface area contributed by atoms with Crippen LogP contribution in [0.3, 0.4) is 0 Å². The van der Waals surface area contributed by atoms with Crippen molar-refractivity contribution >= 4 is 29.4 Å². The number of benzene rings is 2. The van der Waals surface area contributed by atoms with Crippen molar-refractivity contribution in [1.29, 1.82) is 0 Å². The molecule has 1 aliphatic rings. The maximum Gasteiger partial charge on any atom is 0.275 e. The van der Waals surface area contributed by atoms with Crippen molar-refractivity contribution in [2.75, 3.05) is 7.11 Å². The predicted molar refractivity (Wildman–Crippen MR) is 101 cm³/mol. The maximum atomic E-state index is 12.2. The van der Waals surface area contributed by atoms with Gasteiger partial charge in [-0.3, -0.25) is 4.79 Å². The molecule has 2 aromatic carbocycles. The van der Waals surface area contributed by atoms with Crippen LogP contribution < -0.4 is 10.1 Å². The average molecular weight is 355 g/mol. The molecule has 1 amide bonds. The van der Waals surface area contributed by atoms with E-state index in [0.717, 1.165) is 23.1 Å². The van der Waals surface area contributed by atoms with Crippen LogP contribution in [-0.4, -0.2) is 18.9 Å². The summed E-state index contributed by atoms with van der Waals surface area (Å²) in [6.45, 7) is 2.00. The predicted octanol–water partition coefficient (Wildman–Crippen LogP) is 4.16. The first-order valence-electron chi connectivity index (χ1n) is 8.05. The Morgan fingerprint density at radius 3 is 2.80 bits per heavy atom. The second-order valence-electron chi connectivity index (χ2n) is 5.92. The topological polar surface area (TPSA) is 50.7 Å². The normalized spacial score (nSPS) is 15.2. The molecule has 0 aliphatic carbocycles. The lowest BCUT2D eigenvalue weighted by Gasteiger charge is -2.05. The molecule has 1 heterocycles. The van der Waals surface area contributed by atoms with E-state index in [9.17, 15) is 4.79 Å². The van der Waals surface area contributed by atoms with E-state index in [1.165, 1.54) is 0 Å². The summed E-state index contributed by atoms with van der Waals surface area (Å²) in [4.78, 5) is 16.6. The SMILES string of the molecule is COc1ccc(C)cc1/C=C1/N=C(CCc2cccc(Cl)c2)NC1=O. The number of amidine groups is 1. The summed E-state index contributed by atoms with van der Waals surface area (Å²) >= 11 is 6.00. The fraction of sp³-hybridized carbons (Fsp3) is 0.200. The average Bonchev–Trinajstić information content (AvgIpc) is 2.93. The number of ether oxygens (including phenoxy) is 1. The summed E-state index contributed by atoms with van der Waals surface area (Å²) in [5, 5.41) is 3.54. The van der Waals surface area contributed by atoms with Crippen molar-refractivity contribution in [2.45, 2.75) is 19.8 Å². The number of rotatable bonds is 5. The number of hydrogen-bond donors (Lipinski definition) is 1. The van der Waals surface area contributed by atoms with Crippen molar-refractivity contribution in [2.24, 2.45) is 4.99 Å². The number of aryl methyl sites for hydroxylation is 2. The van der Waals surface area contributed by atoms with Gasteiger partial charge in [-0.1, -0.05) is 35.4 Å². The first-order chi connectivity index (χ1) is 12.0. The van der Waals surface area contributed by atoms with Gasteiger partial charge in [0.15, 0.2) is 0 Å². The van der Waals surface area contributed by atoms with E-state index < -0.39 is 0 Å². The molecule has 1 N–H and O–H groups in total. The van der Waals surface area contributed by atoms with Crippen molar-refractivity contribution in [3.63, 3.8) is 0 Å². The van der Waals surface area contributed by atoms with Crippen LogP contribution in [0.5, 0.6) is 5.75 Å². The molecule has 3 rings (SSSR count). The van der Waals surface area contributed by atoms with Gasteiger partial charge in [0, 0.05) is 17.0 Å². The molecule has 4 nitrogen and oxygen atoms in total. The summed E-state index contributed by atoms with van der Waals surface area (Å²) in [7, 11) is 1.61. The molecule has 0 unspecified atom stereocenters. The van der Waals surface area contributed by atoms with E-state index in [2.05, 4.69) is 10.3 Å². The van der Waals surface area contributed by atoms with Gasteiger partial charge >= 0.3 is 0 Å². The van der Waals surface area contributed by atoms with Crippen LogP contribution in [0.1, 0.15) is 23.1 Å². The fourth-order valence-corrected chi connectivity index (χ4v) is 2.92. The lowest BCUT2D eigenvalue weighted by atomic mass is 10.1. The zero-order valence-corrected chi connectivity index (χ0v) is 14.9. The zero-order chi connectivity index (χ0) is 17.8. The van der Waals surface area contributed by atoms with Gasteiger partial charge in [-0.25, -0.2) is 4.99 Å². The number of hydrogen-bond acceptors (Lipinski definition) is 3. The number of methoxy groups -OCH3 is 1. The van der Waals surface area contributed by atoms with Gasteiger partial charge < -0.3 is 10.1 Å². The monoisotopic (exact) mass is 354 g/mol. The van der Waals surface area contributed by atoms with Crippen LogP contribution in [0.25, 0.3) is 6.08 Å². The first-order valence-corrected chi connectivity index (χ1v) is 8.42. The maximum absolute atomic E-state index is 12.2. The van der Waals surface area contributed by atoms with Crippen LogP contribution in [-0.2, 0) is 11.2 Å². The van der Waals surface area contributed by atoms with E-state index in [4.69, 9.17) is 16.3 Å². The highest BCUT2D eigenvalue weighted by molar-refractivity contribution is 6.30. The Bertz CT molecular complexity index is 872. The van der Waals surface area contributed by atoms with Crippen molar-refractivity contribution in [3.05, 3.63) is 69.9 Å². The van der Waals surface area contributed by atoms with Crippen LogP contribution in [0.4, 0.5) is 0 Å². The molecule has 0 atom stereocenters. The molecule has 0 radical (unpaired) electrons. The Kier molecular flexibility index (Phi) is 5.19. The molecule has 2 aromatic rings. The van der Waals surface area contributed by atoms with Crippen LogP contribution in [0.2, 0.25) is 5.02 Å². The zero-order valence-electron chi connectivity index (χ0n) is 14.2. The first kappa shape index (κ1) is 17.2. The summed E-state index contributed by atoms with van der Waals surface area (Å²) in [5.74, 6) is 1.20. The largest absolute Gasteiger partial charge is 0.496 e. The standard InChI is InChI=1S/C20H19ClN2O2/c1-13-6-8-18(25-2)15(10-13)12-17-20(24)23-19(22-17)9-7-14-4-3-5-16(21)11-14/h3-6,8,10-12H,7,9H2,1-2H3,(H,22,23,24)/b17-12+. The Balaban J connectivity index is 1.77. The van der Waals surface area contributed by atoms with Crippen LogP contribution in [0.15, 0.2) is 53.2 Å². The molecular formula is C20H19ClN2O2. The number of carbonyl (C=O) groups is 1. The van der Waals surface area contributed by atoms with Crippen molar-refractivity contribution in [1.82, 2.24) is 5.32 Å². The molecule has 25 heavy (non-hydrogen) atoms. The molecule has 0 saturated carbocycles. The Hall–Kier alpha value is -2.59. The molecule has 1 aliphatic heterocycles. The van der Waals surface area contributed by atoms with Crippen molar-refractivity contribution < 1.29 is 9.53 Å². The van der Waals surface area contributed by atoms with E-state index in [1.807, 2.05) is 49.4 Å². The summed E-state index contributed by atoms with van der Waals surface area (Å²) in [6.07, 6.45) is 3.17. The highest BCUT2D eigenvalue weighted by Crippen LogP contribution is 2.24. The Morgan fingerprint density at radius 1 is 1.20 bits per heavy atom. The lowest BCUT2D eigenvalue weighted by molar-refractivity contribution is -0.115. The van der Waals surface area contributed by atoms with Gasteiger partial charge in [0.25, 0.3) is 5.91 Å². The third-order valence-electron chi connectivity index (χ3n) is 3.96. The lowest BCUT2D eigenvalue weighted by Crippen LogP contribution is -2.24. The molecule has 0 fully saturated rings. The van der Waals surface area contributed by atoms with Gasteiger partial charge in [-0.2, -0.15) is 0 Å². The van der Waals surface area contributed by atoms with Gasteiger partial charge in [-0.15, -0.1) is 0 Å². The number of aliphatic imine (C=N–C) groups is 1. The molecule has 5 heteroatoms. The number of nitrogens with zero attached hydrogens (tertiary/aromatic N) is 1. The second kappa shape index (κ2) is 7.53. The van der Waals surface area contributed by atoms with E-state index in [-0.39, 0.29) is 5.91 Å². The summed E-state index contributed by atoms with van der Waals surface area (Å²) in [6, 6.07) is 13.5. The number of carbonyl (C=O) groups excluding carboxylic acids is 1. The molecule has 128 valence electrons. The third kappa shape index (κ3) is 4.28. The summed E-state index contributed by atoms with van der Waals surface area (Å²) < 4.78 is 5.35. The number of amides is 1. The minimum Gasteiger partial charge on any atom is -0.496 e.